The van der Waals surface area contributed by atoms with Crippen molar-refractivity contribution in [2.45, 2.75) is 40.5 Å². The molecule has 0 saturated carbocycles. The molecule has 0 aromatic heterocycles. The van der Waals surface area contributed by atoms with Crippen LogP contribution >= 0.6 is 0 Å². The number of carboxylic acid groups (broad SMARTS) is 2. The van der Waals surface area contributed by atoms with Crippen LogP contribution < -0.4 is 0 Å². The molecule has 24 heavy (non-hydrogen) atoms. The number of carbonyl (C=O) groups excluding carboxylic acids is 2. The number of rotatable bonds is 6. The van der Waals surface area contributed by atoms with Crippen LogP contribution in [0.25, 0.3) is 0 Å². The molecule has 0 aliphatic heterocycles. The fourth-order valence-corrected chi connectivity index (χ4v) is 0.755. The second-order valence-corrected chi connectivity index (χ2v) is 3.97. The standard InChI is InChI=1S/2C7H12O2.C2H2O4/c2*1-4-6(3)7(8)9-5-2;3-1(4)2(5)6/h2*3-5H2,1-2H3;(H,3,4)(H,5,6). The van der Waals surface area contributed by atoms with Crippen molar-refractivity contribution < 1.29 is 38.9 Å². The Labute approximate surface area is 141 Å². The molecule has 0 amide bonds. The van der Waals surface area contributed by atoms with Gasteiger partial charge in [-0.2, -0.15) is 0 Å². The highest BCUT2D eigenvalue weighted by atomic mass is 16.5. The largest absolute Gasteiger partial charge is 0.473 e. The zero-order valence-corrected chi connectivity index (χ0v) is 14.6. The van der Waals surface area contributed by atoms with Crippen molar-refractivity contribution in [3.8, 4) is 0 Å². The third-order valence-electron chi connectivity index (χ3n) is 2.16. The van der Waals surface area contributed by atoms with Crippen molar-refractivity contribution in [3.63, 3.8) is 0 Å². The van der Waals surface area contributed by atoms with Crippen molar-refractivity contribution in [2.24, 2.45) is 0 Å². The summed E-state index contributed by atoms with van der Waals surface area (Å²) in [6.07, 6.45) is 1.33. The summed E-state index contributed by atoms with van der Waals surface area (Å²) in [6.45, 7) is 15.2. The van der Waals surface area contributed by atoms with Crippen LogP contribution in [-0.2, 0) is 28.7 Å². The smallest absolute Gasteiger partial charge is 0.414 e. The lowest BCUT2D eigenvalue weighted by atomic mass is 10.2. The average Bonchev–Trinajstić information content (AvgIpc) is 2.54. The molecule has 0 heterocycles. The second kappa shape index (κ2) is 16.7. The fourth-order valence-electron chi connectivity index (χ4n) is 0.755. The topological polar surface area (TPSA) is 127 Å². The number of hydrogen-bond acceptors (Lipinski definition) is 6. The summed E-state index contributed by atoms with van der Waals surface area (Å²) in [5, 5.41) is 14.8. The lowest BCUT2D eigenvalue weighted by Crippen LogP contribution is -2.09. The first kappa shape index (κ1) is 26.3. The minimum Gasteiger partial charge on any atom is -0.473 e. The normalized spacial score (nSPS) is 8.33. The van der Waals surface area contributed by atoms with E-state index in [4.69, 9.17) is 19.8 Å². The summed E-state index contributed by atoms with van der Waals surface area (Å²) < 4.78 is 9.31. The zero-order chi connectivity index (χ0) is 19.7. The first-order valence-electron chi connectivity index (χ1n) is 7.24. The van der Waals surface area contributed by atoms with Crippen molar-refractivity contribution in [1.29, 1.82) is 0 Å². The Morgan fingerprint density at radius 2 is 0.958 bits per heavy atom. The van der Waals surface area contributed by atoms with Crippen LogP contribution in [0.15, 0.2) is 24.3 Å². The minimum atomic E-state index is -1.82. The van der Waals surface area contributed by atoms with E-state index in [2.05, 4.69) is 22.6 Å². The number of ether oxygens (including phenoxy) is 2. The van der Waals surface area contributed by atoms with Gasteiger partial charge in [0, 0.05) is 11.1 Å². The van der Waals surface area contributed by atoms with E-state index in [1.54, 1.807) is 13.8 Å². The van der Waals surface area contributed by atoms with Crippen LogP contribution in [-0.4, -0.2) is 47.3 Å². The summed E-state index contributed by atoms with van der Waals surface area (Å²) >= 11 is 0. The maximum absolute atomic E-state index is 10.7. The van der Waals surface area contributed by atoms with Gasteiger partial charge in [-0.25, -0.2) is 19.2 Å². The Morgan fingerprint density at radius 1 is 0.708 bits per heavy atom. The van der Waals surface area contributed by atoms with Gasteiger partial charge in [0.15, 0.2) is 0 Å². The highest BCUT2D eigenvalue weighted by molar-refractivity contribution is 6.27. The maximum atomic E-state index is 10.7. The molecule has 0 aliphatic carbocycles. The molecule has 0 fully saturated rings. The fraction of sp³-hybridized carbons (Fsp3) is 0.500. The third kappa shape index (κ3) is 17.4. The summed E-state index contributed by atoms with van der Waals surface area (Å²) in [4.78, 5) is 39.5. The van der Waals surface area contributed by atoms with E-state index in [0.29, 0.717) is 37.2 Å². The second-order valence-electron chi connectivity index (χ2n) is 3.97. The molecule has 0 saturated heterocycles. The Morgan fingerprint density at radius 3 is 1.08 bits per heavy atom. The van der Waals surface area contributed by atoms with Crippen molar-refractivity contribution in [3.05, 3.63) is 24.3 Å². The Hall–Kier alpha value is -2.64. The molecule has 0 bridgehead atoms. The van der Waals surface area contributed by atoms with E-state index in [9.17, 15) is 9.59 Å². The SMILES string of the molecule is C=C(CC)C(=O)OCC.C=C(CC)C(=O)OCC.O=C(O)C(=O)O. The molecule has 0 spiro atoms. The van der Waals surface area contributed by atoms with Gasteiger partial charge in [-0.3, -0.25) is 0 Å². The molecular formula is C16H26O8. The first-order valence-corrected chi connectivity index (χ1v) is 7.24. The van der Waals surface area contributed by atoms with Gasteiger partial charge >= 0.3 is 23.9 Å². The summed E-state index contributed by atoms with van der Waals surface area (Å²) in [5.74, 6) is -4.20. The van der Waals surface area contributed by atoms with Crippen LogP contribution in [0, 0.1) is 0 Å². The zero-order valence-electron chi connectivity index (χ0n) is 14.6. The molecule has 8 nitrogen and oxygen atoms in total. The van der Waals surface area contributed by atoms with Gasteiger partial charge in [-0.15, -0.1) is 0 Å². The van der Waals surface area contributed by atoms with Crippen LogP contribution in [0.5, 0.6) is 0 Å². The van der Waals surface area contributed by atoms with E-state index in [-0.39, 0.29) is 11.9 Å². The quantitative estimate of drug-likeness (QED) is 0.425. The first-order chi connectivity index (χ1) is 11.1. The van der Waals surface area contributed by atoms with E-state index >= 15 is 0 Å². The predicted octanol–water partition coefficient (Wildman–Crippen LogP) is 2.19. The van der Waals surface area contributed by atoms with Crippen molar-refractivity contribution in [2.75, 3.05) is 13.2 Å². The molecule has 0 aromatic carbocycles. The minimum absolute atomic E-state index is 0.278. The lowest BCUT2D eigenvalue weighted by Gasteiger charge is -1.99. The monoisotopic (exact) mass is 346 g/mol. The third-order valence-corrected chi connectivity index (χ3v) is 2.16. The van der Waals surface area contributed by atoms with Gasteiger partial charge in [0.25, 0.3) is 0 Å². The summed E-state index contributed by atoms with van der Waals surface area (Å²) in [5.41, 5.74) is 1.08. The van der Waals surface area contributed by atoms with Gasteiger partial charge in [0.2, 0.25) is 0 Å². The average molecular weight is 346 g/mol. The molecule has 138 valence electrons. The van der Waals surface area contributed by atoms with Gasteiger partial charge in [-0.05, 0) is 26.7 Å². The molecule has 0 aromatic rings. The highest BCUT2D eigenvalue weighted by Gasteiger charge is 2.04. The van der Waals surface area contributed by atoms with Crippen molar-refractivity contribution in [1.82, 2.24) is 0 Å². The molecule has 0 unspecified atom stereocenters. The summed E-state index contributed by atoms with van der Waals surface area (Å²) in [6, 6.07) is 0. The maximum Gasteiger partial charge on any atom is 0.414 e. The molecule has 8 heteroatoms. The van der Waals surface area contributed by atoms with E-state index < -0.39 is 11.9 Å². The molecule has 0 rings (SSSR count). The lowest BCUT2D eigenvalue weighted by molar-refractivity contribution is -0.159. The van der Waals surface area contributed by atoms with E-state index in [0.717, 1.165) is 0 Å². The van der Waals surface area contributed by atoms with Crippen LogP contribution in [0.3, 0.4) is 0 Å². The van der Waals surface area contributed by atoms with Crippen LogP contribution in [0.4, 0.5) is 0 Å². The van der Waals surface area contributed by atoms with Crippen LogP contribution in [0.2, 0.25) is 0 Å². The van der Waals surface area contributed by atoms with Gasteiger partial charge in [0.05, 0.1) is 13.2 Å². The Bertz CT molecular complexity index is 409. The Balaban J connectivity index is -0.000000282. The number of hydrogen-bond donors (Lipinski definition) is 2. The summed E-state index contributed by atoms with van der Waals surface area (Å²) in [7, 11) is 0. The Kier molecular flexibility index (Phi) is 18.3. The molecular weight excluding hydrogens is 320 g/mol. The van der Waals surface area contributed by atoms with Gasteiger partial charge in [-0.1, -0.05) is 27.0 Å². The number of esters is 2. The molecule has 2 N–H and O–H groups in total. The van der Waals surface area contributed by atoms with Crippen LogP contribution in [0.1, 0.15) is 40.5 Å². The number of carboxylic acids is 2. The van der Waals surface area contributed by atoms with E-state index in [1.807, 2.05) is 13.8 Å². The van der Waals surface area contributed by atoms with Crippen molar-refractivity contribution >= 4 is 23.9 Å². The van der Waals surface area contributed by atoms with Gasteiger partial charge < -0.3 is 19.7 Å². The predicted molar refractivity (Wildman–Crippen MR) is 87.4 cm³/mol. The molecule has 0 atom stereocenters. The van der Waals surface area contributed by atoms with Gasteiger partial charge in [0.1, 0.15) is 0 Å². The highest BCUT2D eigenvalue weighted by Crippen LogP contribution is 1.98. The molecule has 0 aliphatic rings. The molecule has 0 radical (unpaired) electrons. The number of carbonyl (C=O) groups is 4. The number of aliphatic carboxylic acids is 2. The van der Waals surface area contributed by atoms with E-state index in [1.165, 1.54) is 0 Å².